The normalized spacial score (nSPS) is 15.9. The molecule has 290 valence electrons. The van der Waals surface area contributed by atoms with Crippen molar-refractivity contribution in [2.45, 2.75) is 37.5 Å². The second-order valence-corrected chi connectivity index (χ2v) is 16.1. The molecule has 0 spiro atoms. The van der Waals surface area contributed by atoms with E-state index in [-0.39, 0.29) is 21.1 Å². The van der Waals surface area contributed by atoms with Gasteiger partial charge in [-0.15, -0.1) is 29.7 Å². The Labute approximate surface area is 362 Å². The number of hydrogen-bond donors (Lipinski definition) is 0. The molecule has 0 amide bonds. The number of rotatable bonds is 3. The van der Waals surface area contributed by atoms with Crippen LogP contribution in [-0.4, -0.2) is 14.1 Å². The average molecular weight is 952 g/mol. The molecule has 13 rings (SSSR count). The van der Waals surface area contributed by atoms with Crippen molar-refractivity contribution >= 4 is 32.8 Å². The molecule has 2 aliphatic heterocycles. The van der Waals surface area contributed by atoms with Gasteiger partial charge in [0.1, 0.15) is 5.82 Å². The summed E-state index contributed by atoms with van der Waals surface area (Å²) in [6.45, 7) is 0. The van der Waals surface area contributed by atoms with Gasteiger partial charge in [0.15, 0.2) is 0 Å². The monoisotopic (exact) mass is 951 g/mol. The largest absolute Gasteiger partial charge is 0.510 e. The zero-order valence-corrected chi connectivity index (χ0v) is 34.8. The van der Waals surface area contributed by atoms with E-state index in [1.165, 1.54) is 70.0 Å². The van der Waals surface area contributed by atoms with Gasteiger partial charge in [-0.25, -0.2) is 4.98 Å². The van der Waals surface area contributed by atoms with Crippen molar-refractivity contribution in [2.75, 3.05) is 0 Å². The van der Waals surface area contributed by atoms with Crippen LogP contribution < -0.4 is 9.30 Å². The van der Waals surface area contributed by atoms with Crippen LogP contribution in [0.4, 0.5) is 0 Å². The summed E-state index contributed by atoms with van der Waals surface area (Å²) in [6.07, 6.45) is 10.6. The smallest absolute Gasteiger partial charge is 0.268 e. The minimum absolute atomic E-state index is 0. The summed E-state index contributed by atoms with van der Waals surface area (Å²) in [5.41, 5.74) is 16.1. The molecule has 0 radical (unpaired) electrons. The van der Waals surface area contributed by atoms with E-state index in [9.17, 15) is 0 Å². The summed E-state index contributed by atoms with van der Waals surface area (Å²) in [4.78, 5) is 5.06. The summed E-state index contributed by atoms with van der Waals surface area (Å²) < 4.78 is 13.4. The van der Waals surface area contributed by atoms with Gasteiger partial charge in [0, 0.05) is 44.3 Å². The van der Waals surface area contributed by atoms with Crippen LogP contribution in [0.2, 0.25) is 0 Å². The van der Waals surface area contributed by atoms with Crippen molar-refractivity contribution in [2.24, 2.45) is 0 Å². The summed E-state index contributed by atoms with van der Waals surface area (Å²) in [5.74, 6) is 3.20. The first-order chi connectivity index (χ1) is 29.3. The second-order valence-electron chi connectivity index (χ2n) is 16.1. The fraction of sp³-hybridized carbons (Fsp3) is 0.111. The van der Waals surface area contributed by atoms with Gasteiger partial charge in [0.2, 0.25) is 0 Å². The fourth-order valence-electron chi connectivity index (χ4n) is 10.6. The van der Waals surface area contributed by atoms with E-state index in [1.807, 2.05) is 24.4 Å². The topological polar surface area (TPSA) is 35.9 Å². The first kappa shape index (κ1) is 35.4. The SMILES string of the molecule is [Pt].[c-]1c(Oc2[c-]c3c(cc2)c2cccc4c2n3-c2ncccc2C2CCCCC42)cccc1-n1[c-][n+]2c3c(cccc31)-c1ccccc1-c1ccccc1-c1ccccc1-2. The summed E-state index contributed by atoms with van der Waals surface area (Å²) >= 11 is 0. The van der Waals surface area contributed by atoms with Gasteiger partial charge < -0.3 is 13.9 Å². The summed E-state index contributed by atoms with van der Waals surface area (Å²) in [5, 5.41) is 2.40. The molecular weight excluding hydrogens is 916 g/mol. The molecule has 3 aliphatic rings. The Morgan fingerprint density at radius 1 is 0.567 bits per heavy atom. The van der Waals surface area contributed by atoms with Crippen molar-refractivity contribution in [1.82, 2.24) is 14.1 Å². The zero-order valence-electron chi connectivity index (χ0n) is 32.5. The van der Waals surface area contributed by atoms with Crippen LogP contribution in [-0.2, 0) is 21.1 Å². The van der Waals surface area contributed by atoms with Crippen LogP contribution in [0.3, 0.4) is 0 Å². The molecule has 6 heteroatoms. The van der Waals surface area contributed by atoms with Crippen molar-refractivity contribution in [3.63, 3.8) is 0 Å². The van der Waals surface area contributed by atoms with E-state index in [4.69, 9.17) is 9.72 Å². The molecule has 10 aromatic rings. The number of benzene rings is 7. The van der Waals surface area contributed by atoms with E-state index >= 15 is 0 Å². The molecule has 2 atom stereocenters. The van der Waals surface area contributed by atoms with Crippen LogP contribution in [0.25, 0.3) is 83.4 Å². The van der Waals surface area contributed by atoms with Gasteiger partial charge in [0.25, 0.3) is 6.33 Å². The van der Waals surface area contributed by atoms with E-state index < -0.39 is 0 Å². The molecule has 2 unspecified atom stereocenters. The Kier molecular flexibility index (Phi) is 8.12. The number of nitrogens with zero attached hydrogens (tertiary/aromatic N) is 4. The van der Waals surface area contributed by atoms with Crippen LogP contribution in [0.1, 0.15) is 48.6 Å². The molecule has 1 fully saturated rings. The Hall–Kier alpha value is -6.55. The number of para-hydroxylation sites is 3. The third-order valence-electron chi connectivity index (χ3n) is 13.1. The number of imidazole rings is 1. The van der Waals surface area contributed by atoms with Gasteiger partial charge >= 0.3 is 0 Å². The first-order valence-electron chi connectivity index (χ1n) is 20.7. The Bertz CT molecular complexity index is 3360. The molecule has 1 aliphatic carbocycles. The van der Waals surface area contributed by atoms with Gasteiger partial charge in [-0.3, -0.25) is 4.57 Å². The molecule has 60 heavy (non-hydrogen) atoms. The number of pyridine rings is 1. The van der Waals surface area contributed by atoms with Gasteiger partial charge in [-0.1, -0.05) is 128 Å². The number of aromatic nitrogens is 4. The summed E-state index contributed by atoms with van der Waals surface area (Å²) in [7, 11) is 0. The second kappa shape index (κ2) is 13.8. The fourth-order valence-corrected chi connectivity index (χ4v) is 10.6. The van der Waals surface area contributed by atoms with Crippen molar-refractivity contribution < 1.29 is 30.4 Å². The zero-order chi connectivity index (χ0) is 38.6. The molecular formula is C54H36N4OPt-2. The summed E-state index contributed by atoms with van der Waals surface area (Å²) in [6, 6.07) is 61.5. The molecule has 3 aromatic heterocycles. The van der Waals surface area contributed by atoms with Crippen molar-refractivity contribution in [1.29, 1.82) is 0 Å². The Morgan fingerprint density at radius 3 is 2.03 bits per heavy atom. The minimum Gasteiger partial charge on any atom is -0.510 e. The molecule has 5 heterocycles. The quantitative estimate of drug-likeness (QED) is 0.131. The van der Waals surface area contributed by atoms with E-state index in [0.29, 0.717) is 23.3 Å². The molecule has 0 N–H and O–H groups in total. The predicted octanol–water partition coefficient (Wildman–Crippen LogP) is 12.7. The number of hydrogen-bond acceptors (Lipinski definition) is 2. The van der Waals surface area contributed by atoms with Crippen molar-refractivity contribution in [3.05, 3.63) is 187 Å². The third kappa shape index (κ3) is 5.15. The van der Waals surface area contributed by atoms with Crippen LogP contribution in [0.5, 0.6) is 11.5 Å². The van der Waals surface area contributed by atoms with Gasteiger partial charge in [0.05, 0.1) is 16.7 Å². The predicted molar refractivity (Wildman–Crippen MR) is 234 cm³/mol. The maximum Gasteiger partial charge on any atom is 0.268 e. The third-order valence-corrected chi connectivity index (χ3v) is 13.1. The van der Waals surface area contributed by atoms with E-state index in [2.05, 4.69) is 166 Å². The molecule has 1 saturated carbocycles. The van der Waals surface area contributed by atoms with Crippen LogP contribution in [0.15, 0.2) is 158 Å². The molecule has 0 saturated heterocycles. The molecule has 7 aromatic carbocycles. The Morgan fingerprint density at radius 2 is 1.22 bits per heavy atom. The van der Waals surface area contributed by atoms with Gasteiger partial charge in [-0.2, -0.15) is 18.2 Å². The van der Waals surface area contributed by atoms with E-state index in [0.717, 1.165) is 50.3 Å². The number of fused-ring (bicyclic) bond motifs is 15. The first-order valence-corrected chi connectivity index (χ1v) is 20.7. The number of ether oxygens (including phenoxy) is 1. The standard InChI is InChI=1S/C54H36N4O.Pt/c1-3-17-39-37(15-1)38-16-2-4-18-40(38)46-24-11-27-50-53(46)57(49-26-8-7-21-43(39)49)33-56(50)34-13-9-14-35(31-34)59-36-28-29-44-47-23-10-22-45-41-19-5-6-20-42(41)48-25-12-30-55-54(48)58(52(45)47)51(44)32-36;/h1-4,7-18,21-30,41-42H,5-6,19-20H2;/q-2;. The molecule has 5 nitrogen and oxygen atoms in total. The Balaban J connectivity index is 0.00000388. The van der Waals surface area contributed by atoms with Crippen molar-refractivity contribution in [3.8, 4) is 62.1 Å². The van der Waals surface area contributed by atoms with Gasteiger partial charge in [-0.05, 0) is 92.4 Å². The van der Waals surface area contributed by atoms with E-state index in [1.54, 1.807) is 0 Å². The molecule has 0 bridgehead atoms. The van der Waals surface area contributed by atoms with Crippen LogP contribution in [0, 0.1) is 18.5 Å². The maximum absolute atomic E-state index is 6.71. The average Bonchev–Trinajstić information content (AvgIpc) is 3.82. The van der Waals surface area contributed by atoms with Crippen LogP contribution >= 0.6 is 0 Å². The maximum atomic E-state index is 6.71. The minimum atomic E-state index is 0.